The van der Waals surface area contributed by atoms with E-state index in [1.54, 1.807) is 0 Å². The number of hydrogen-bond acceptors (Lipinski definition) is 2. The summed E-state index contributed by atoms with van der Waals surface area (Å²) in [7, 11) is 2.20. The van der Waals surface area contributed by atoms with Crippen LogP contribution in [0.5, 0.6) is 0 Å². The average molecular weight is 297 g/mol. The van der Waals surface area contributed by atoms with Crippen LogP contribution < -0.4 is 5.32 Å². The first-order chi connectivity index (χ1) is 8.06. The lowest BCUT2D eigenvalue weighted by Gasteiger charge is -2.20. The van der Waals surface area contributed by atoms with Gasteiger partial charge in [-0.1, -0.05) is 28.1 Å². The molecule has 0 amide bonds. The molecule has 0 bridgehead atoms. The molecule has 3 heteroatoms. The Labute approximate surface area is 113 Å². The highest BCUT2D eigenvalue weighted by atomic mass is 79.9. The molecule has 1 heterocycles. The predicted octanol–water partition coefficient (Wildman–Crippen LogP) is 3.19. The van der Waals surface area contributed by atoms with Crippen LogP contribution in [0.25, 0.3) is 0 Å². The molecule has 0 saturated carbocycles. The third-order valence-electron chi connectivity index (χ3n) is 3.72. The van der Waals surface area contributed by atoms with Crippen LogP contribution in [0.3, 0.4) is 0 Å². The summed E-state index contributed by atoms with van der Waals surface area (Å²) >= 11 is 3.53. The first-order valence-corrected chi connectivity index (χ1v) is 7.07. The number of rotatable bonds is 3. The van der Waals surface area contributed by atoms with Gasteiger partial charge in [0.25, 0.3) is 0 Å². The Bertz CT molecular complexity index is 370. The normalized spacial score (nSPS) is 27.3. The molecule has 2 unspecified atom stereocenters. The second-order valence-electron chi connectivity index (χ2n) is 5.16. The maximum Gasteiger partial charge on any atom is 0.0295 e. The highest BCUT2D eigenvalue weighted by Crippen LogP contribution is 2.21. The summed E-state index contributed by atoms with van der Waals surface area (Å²) in [5.41, 5.74) is 1.35. The Hall–Kier alpha value is -0.380. The minimum Gasteiger partial charge on any atom is -0.306 e. The van der Waals surface area contributed by atoms with Crippen LogP contribution in [0, 0.1) is 0 Å². The number of nitrogens with zero attached hydrogens (tertiary/aromatic N) is 1. The fraction of sp³-hybridized carbons (Fsp3) is 0.571. The average Bonchev–Trinajstić information content (AvgIpc) is 2.58. The molecule has 17 heavy (non-hydrogen) atoms. The molecule has 0 radical (unpaired) electrons. The van der Waals surface area contributed by atoms with E-state index in [2.05, 4.69) is 71.3 Å². The molecule has 2 rings (SSSR count). The van der Waals surface area contributed by atoms with Gasteiger partial charge >= 0.3 is 0 Å². The number of nitrogens with one attached hydrogen (secondary N) is 1. The summed E-state index contributed by atoms with van der Waals surface area (Å²) in [4.78, 5) is 2.42. The van der Waals surface area contributed by atoms with E-state index in [9.17, 15) is 0 Å². The Morgan fingerprint density at radius 1 is 1.47 bits per heavy atom. The first kappa shape index (κ1) is 13.1. The van der Waals surface area contributed by atoms with Crippen molar-refractivity contribution >= 4 is 15.9 Å². The zero-order chi connectivity index (χ0) is 12.4. The van der Waals surface area contributed by atoms with E-state index in [-0.39, 0.29) is 0 Å². The van der Waals surface area contributed by atoms with Gasteiger partial charge in [-0.05, 0) is 45.0 Å². The molecule has 1 aliphatic rings. The van der Waals surface area contributed by atoms with Crippen molar-refractivity contribution in [1.82, 2.24) is 10.2 Å². The second kappa shape index (κ2) is 5.51. The highest BCUT2D eigenvalue weighted by Gasteiger charge is 2.26. The minimum atomic E-state index is 0.413. The highest BCUT2D eigenvalue weighted by molar-refractivity contribution is 9.10. The number of benzene rings is 1. The van der Waals surface area contributed by atoms with E-state index in [1.165, 1.54) is 12.0 Å². The van der Waals surface area contributed by atoms with Crippen LogP contribution in [0.4, 0.5) is 0 Å². The molecular formula is C14H21BrN2. The van der Waals surface area contributed by atoms with Crippen molar-refractivity contribution in [3.63, 3.8) is 0 Å². The molecule has 0 aliphatic carbocycles. The lowest BCUT2D eigenvalue weighted by Crippen LogP contribution is -2.33. The van der Waals surface area contributed by atoms with Crippen molar-refractivity contribution in [2.75, 3.05) is 13.6 Å². The molecule has 1 aromatic carbocycles. The van der Waals surface area contributed by atoms with E-state index < -0.39 is 0 Å². The van der Waals surface area contributed by atoms with Gasteiger partial charge in [-0.2, -0.15) is 0 Å². The molecule has 1 fully saturated rings. The fourth-order valence-corrected chi connectivity index (χ4v) is 2.96. The molecule has 2 nitrogen and oxygen atoms in total. The summed E-state index contributed by atoms with van der Waals surface area (Å²) in [6.07, 6.45) is 1.24. The van der Waals surface area contributed by atoms with Gasteiger partial charge in [0.05, 0.1) is 0 Å². The van der Waals surface area contributed by atoms with Crippen molar-refractivity contribution in [1.29, 1.82) is 0 Å². The first-order valence-electron chi connectivity index (χ1n) is 6.28. The molecule has 1 aliphatic heterocycles. The van der Waals surface area contributed by atoms with Crippen molar-refractivity contribution in [2.24, 2.45) is 0 Å². The molecule has 1 saturated heterocycles. The zero-order valence-corrected chi connectivity index (χ0v) is 12.4. The smallest absolute Gasteiger partial charge is 0.0295 e. The third kappa shape index (κ3) is 3.30. The van der Waals surface area contributed by atoms with E-state index in [1.807, 2.05) is 0 Å². The summed E-state index contributed by atoms with van der Waals surface area (Å²) in [6.45, 7) is 5.69. The summed E-state index contributed by atoms with van der Waals surface area (Å²) in [5.74, 6) is 0. The van der Waals surface area contributed by atoms with Crippen molar-refractivity contribution in [3.05, 3.63) is 34.3 Å². The SMILES string of the molecule is CC1CC(N[C@H](C)c2cccc(Br)c2)CN1C. The molecule has 0 aromatic heterocycles. The molecule has 0 spiro atoms. The van der Waals surface area contributed by atoms with Gasteiger partial charge in [-0.3, -0.25) is 0 Å². The van der Waals surface area contributed by atoms with Crippen LogP contribution in [-0.2, 0) is 0 Å². The monoisotopic (exact) mass is 296 g/mol. The number of hydrogen-bond donors (Lipinski definition) is 1. The summed E-state index contributed by atoms with van der Waals surface area (Å²) < 4.78 is 1.15. The second-order valence-corrected chi connectivity index (χ2v) is 6.08. The van der Waals surface area contributed by atoms with Gasteiger partial charge in [0.2, 0.25) is 0 Å². The van der Waals surface area contributed by atoms with Crippen LogP contribution >= 0.6 is 15.9 Å². The predicted molar refractivity (Wildman–Crippen MR) is 76.2 cm³/mol. The van der Waals surface area contributed by atoms with Crippen LogP contribution in [0.1, 0.15) is 31.9 Å². The van der Waals surface area contributed by atoms with Crippen molar-refractivity contribution in [2.45, 2.75) is 38.4 Å². The Morgan fingerprint density at radius 2 is 2.24 bits per heavy atom. The van der Waals surface area contributed by atoms with Crippen LogP contribution in [0.2, 0.25) is 0 Å². The largest absolute Gasteiger partial charge is 0.306 e. The maximum atomic E-state index is 3.72. The number of likely N-dealkylation sites (N-methyl/N-ethyl adjacent to an activating group) is 1. The van der Waals surface area contributed by atoms with Crippen LogP contribution in [-0.4, -0.2) is 30.6 Å². The van der Waals surface area contributed by atoms with Crippen molar-refractivity contribution < 1.29 is 0 Å². The quantitative estimate of drug-likeness (QED) is 0.921. The summed E-state index contributed by atoms with van der Waals surface area (Å²) in [6, 6.07) is 10.3. The summed E-state index contributed by atoms with van der Waals surface area (Å²) in [5, 5.41) is 3.72. The zero-order valence-electron chi connectivity index (χ0n) is 10.8. The standard InChI is InChI=1S/C14H21BrN2/c1-10-7-14(9-17(10)3)16-11(2)12-5-4-6-13(15)8-12/h4-6,8,10-11,14,16H,7,9H2,1-3H3/t10?,11-,14?/m1/s1. The number of halogens is 1. The fourth-order valence-electron chi connectivity index (χ4n) is 2.54. The third-order valence-corrected chi connectivity index (χ3v) is 4.21. The molecular weight excluding hydrogens is 276 g/mol. The maximum absolute atomic E-state index is 3.72. The number of likely N-dealkylation sites (tertiary alicyclic amines) is 1. The van der Waals surface area contributed by atoms with Crippen LogP contribution in [0.15, 0.2) is 28.7 Å². The Morgan fingerprint density at radius 3 is 2.82 bits per heavy atom. The van der Waals surface area contributed by atoms with E-state index in [4.69, 9.17) is 0 Å². The molecule has 94 valence electrons. The van der Waals surface area contributed by atoms with E-state index in [0.717, 1.165) is 11.0 Å². The lowest BCUT2D eigenvalue weighted by molar-refractivity contribution is 0.325. The molecule has 1 aromatic rings. The van der Waals surface area contributed by atoms with E-state index in [0.29, 0.717) is 18.1 Å². The molecule has 3 atom stereocenters. The van der Waals surface area contributed by atoms with Gasteiger partial charge in [0, 0.05) is 29.1 Å². The van der Waals surface area contributed by atoms with Gasteiger partial charge in [0.1, 0.15) is 0 Å². The van der Waals surface area contributed by atoms with Gasteiger partial charge in [-0.25, -0.2) is 0 Å². The topological polar surface area (TPSA) is 15.3 Å². The van der Waals surface area contributed by atoms with Gasteiger partial charge < -0.3 is 10.2 Å². The molecule has 1 N–H and O–H groups in total. The van der Waals surface area contributed by atoms with Crippen molar-refractivity contribution in [3.8, 4) is 0 Å². The lowest BCUT2D eigenvalue weighted by atomic mass is 10.1. The van der Waals surface area contributed by atoms with Gasteiger partial charge in [-0.15, -0.1) is 0 Å². The Balaban J connectivity index is 1.96. The van der Waals surface area contributed by atoms with Gasteiger partial charge in [0.15, 0.2) is 0 Å². The van der Waals surface area contributed by atoms with E-state index >= 15 is 0 Å². The Kier molecular flexibility index (Phi) is 4.23. The minimum absolute atomic E-state index is 0.413.